The second kappa shape index (κ2) is 7.52. The third kappa shape index (κ3) is 4.45. The van der Waals surface area contributed by atoms with Gasteiger partial charge in [0.2, 0.25) is 5.91 Å². The highest BCUT2D eigenvalue weighted by Crippen LogP contribution is 2.27. The van der Waals surface area contributed by atoms with Gasteiger partial charge in [0.1, 0.15) is 11.5 Å². The monoisotopic (exact) mass is 409 g/mol. The number of rotatable bonds is 3. The van der Waals surface area contributed by atoms with Gasteiger partial charge in [-0.25, -0.2) is 4.98 Å². The molecule has 6 nitrogen and oxygen atoms in total. The van der Waals surface area contributed by atoms with Gasteiger partial charge >= 0.3 is 0 Å². The van der Waals surface area contributed by atoms with Crippen LogP contribution in [-0.4, -0.2) is 34.8 Å². The van der Waals surface area contributed by atoms with Gasteiger partial charge < -0.3 is 14.6 Å². The number of hydrogen-bond donors (Lipinski definition) is 1. The summed E-state index contributed by atoms with van der Waals surface area (Å²) in [6.45, 7) is 6.87. The lowest BCUT2D eigenvalue weighted by Gasteiger charge is -2.25. The quantitative estimate of drug-likeness (QED) is 0.839. The molecule has 0 atom stereocenters. The zero-order valence-corrected chi connectivity index (χ0v) is 16.9. The van der Waals surface area contributed by atoms with E-state index in [2.05, 4.69) is 10.3 Å². The van der Waals surface area contributed by atoms with Crippen LogP contribution in [0, 0.1) is 0 Å². The fourth-order valence-electron chi connectivity index (χ4n) is 2.77. The topological polar surface area (TPSA) is 75.4 Å². The van der Waals surface area contributed by atoms with Crippen LogP contribution in [0.15, 0.2) is 22.6 Å². The van der Waals surface area contributed by atoms with Crippen LogP contribution in [0.4, 0.5) is 0 Å². The van der Waals surface area contributed by atoms with Crippen molar-refractivity contribution in [2.24, 2.45) is 0 Å². The number of hydrogen-bond acceptors (Lipinski definition) is 4. The van der Waals surface area contributed by atoms with Crippen molar-refractivity contribution in [2.45, 2.75) is 39.2 Å². The second-order valence-electron chi connectivity index (χ2n) is 7.51. The molecule has 1 aromatic carbocycles. The van der Waals surface area contributed by atoms with Gasteiger partial charge in [0.25, 0.3) is 5.91 Å². The van der Waals surface area contributed by atoms with E-state index in [-0.39, 0.29) is 28.5 Å². The summed E-state index contributed by atoms with van der Waals surface area (Å²) in [5, 5.41) is 3.29. The van der Waals surface area contributed by atoms with Crippen molar-refractivity contribution < 1.29 is 14.0 Å². The van der Waals surface area contributed by atoms with E-state index in [1.165, 1.54) is 6.07 Å². The Morgan fingerprint density at radius 1 is 1.30 bits per heavy atom. The van der Waals surface area contributed by atoms with Crippen molar-refractivity contribution in [3.63, 3.8) is 0 Å². The van der Waals surface area contributed by atoms with Crippen LogP contribution in [0.5, 0.6) is 0 Å². The molecule has 144 valence electrons. The molecular weight excluding hydrogens is 389 g/mol. The zero-order chi connectivity index (χ0) is 19.8. The summed E-state index contributed by atoms with van der Waals surface area (Å²) in [6.07, 6.45) is 0.609. The maximum Gasteiger partial charge on any atom is 0.253 e. The Morgan fingerprint density at radius 3 is 2.74 bits per heavy atom. The Balaban J connectivity index is 1.61. The maximum atomic E-state index is 12.5. The first-order valence-electron chi connectivity index (χ1n) is 8.65. The van der Waals surface area contributed by atoms with Crippen molar-refractivity contribution in [1.29, 1.82) is 0 Å². The first-order chi connectivity index (χ1) is 12.6. The highest BCUT2D eigenvalue weighted by molar-refractivity contribution is 6.35. The van der Waals surface area contributed by atoms with E-state index in [1.807, 2.05) is 20.8 Å². The molecule has 1 aromatic heterocycles. The molecule has 3 rings (SSSR count). The number of fused-ring (bicyclic) bond motifs is 1. The number of nitrogens with one attached hydrogen (secondary N) is 1. The molecule has 1 aliphatic heterocycles. The third-order valence-electron chi connectivity index (χ3n) is 4.30. The average Bonchev–Trinajstić information content (AvgIpc) is 3.05. The summed E-state index contributed by atoms with van der Waals surface area (Å²) in [4.78, 5) is 31.0. The molecule has 0 aliphatic carbocycles. The van der Waals surface area contributed by atoms with Crippen LogP contribution < -0.4 is 5.32 Å². The largest absolute Gasteiger partial charge is 0.445 e. The van der Waals surface area contributed by atoms with Crippen LogP contribution in [-0.2, 0) is 23.2 Å². The summed E-state index contributed by atoms with van der Waals surface area (Å²) in [5.74, 6) is 0.877. The minimum Gasteiger partial charge on any atom is -0.445 e. The van der Waals surface area contributed by atoms with Crippen molar-refractivity contribution in [1.82, 2.24) is 15.2 Å². The lowest BCUT2D eigenvalue weighted by atomic mass is 9.97. The lowest BCUT2D eigenvalue weighted by molar-refractivity contribution is -0.131. The molecule has 0 radical (unpaired) electrons. The van der Waals surface area contributed by atoms with Gasteiger partial charge in [-0.15, -0.1) is 0 Å². The normalized spacial score (nSPS) is 14.0. The smallest absolute Gasteiger partial charge is 0.253 e. The molecule has 2 amide bonds. The second-order valence-corrected chi connectivity index (χ2v) is 8.35. The molecule has 0 spiro atoms. The summed E-state index contributed by atoms with van der Waals surface area (Å²) < 4.78 is 5.83. The van der Waals surface area contributed by atoms with Crippen LogP contribution in [0.2, 0.25) is 10.0 Å². The van der Waals surface area contributed by atoms with E-state index < -0.39 is 5.91 Å². The first-order valence-corrected chi connectivity index (χ1v) is 9.41. The number of halogens is 2. The van der Waals surface area contributed by atoms with Gasteiger partial charge in [0, 0.05) is 23.4 Å². The van der Waals surface area contributed by atoms with E-state index in [9.17, 15) is 9.59 Å². The number of nitrogens with zero attached hydrogens (tertiary/aromatic N) is 2. The minimum absolute atomic E-state index is 0.124. The average molecular weight is 410 g/mol. The lowest BCUT2D eigenvalue weighted by Crippen LogP contribution is -2.42. The molecule has 0 saturated heterocycles. The fourth-order valence-corrected chi connectivity index (χ4v) is 3.14. The summed E-state index contributed by atoms with van der Waals surface area (Å²) in [5.41, 5.74) is 0.837. The van der Waals surface area contributed by atoms with Crippen molar-refractivity contribution in [3.8, 4) is 0 Å². The van der Waals surface area contributed by atoms with Gasteiger partial charge in [-0.3, -0.25) is 9.59 Å². The summed E-state index contributed by atoms with van der Waals surface area (Å²) in [6, 6.07) is 4.62. The van der Waals surface area contributed by atoms with E-state index in [4.69, 9.17) is 27.6 Å². The molecule has 27 heavy (non-hydrogen) atoms. The standard InChI is InChI=1S/C19H21Cl2N3O3/c1-19(2,3)18-23-14-10-24(7-6-15(14)27-18)16(25)9-22-17(26)12-8-11(20)4-5-13(12)21/h4-5,8H,6-7,9-10H2,1-3H3,(H,22,26). The van der Waals surface area contributed by atoms with Gasteiger partial charge in [-0.1, -0.05) is 44.0 Å². The van der Waals surface area contributed by atoms with Crippen molar-refractivity contribution >= 4 is 35.0 Å². The molecular formula is C19H21Cl2N3O3. The fraction of sp³-hybridized carbons (Fsp3) is 0.421. The molecule has 0 fully saturated rings. The number of benzene rings is 1. The molecule has 1 aliphatic rings. The van der Waals surface area contributed by atoms with Crippen molar-refractivity contribution in [2.75, 3.05) is 13.1 Å². The van der Waals surface area contributed by atoms with Gasteiger partial charge in [0.15, 0.2) is 5.89 Å². The predicted molar refractivity (Wildman–Crippen MR) is 103 cm³/mol. The highest BCUT2D eigenvalue weighted by atomic mass is 35.5. The molecule has 8 heteroatoms. The third-order valence-corrected chi connectivity index (χ3v) is 4.86. The van der Waals surface area contributed by atoms with Crippen LogP contribution in [0.25, 0.3) is 0 Å². The molecule has 0 unspecified atom stereocenters. The predicted octanol–water partition coefficient (Wildman–Crippen LogP) is 3.59. The van der Waals surface area contributed by atoms with Crippen molar-refractivity contribution in [3.05, 3.63) is 51.2 Å². The summed E-state index contributed by atoms with van der Waals surface area (Å²) in [7, 11) is 0. The Bertz CT molecular complexity index is 887. The Labute approximate surface area is 167 Å². The van der Waals surface area contributed by atoms with E-state index >= 15 is 0 Å². The Kier molecular flexibility index (Phi) is 5.49. The Hall–Kier alpha value is -2.05. The van der Waals surface area contributed by atoms with E-state index in [1.54, 1.807) is 17.0 Å². The zero-order valence-electron chi connectivity index (χ0n) is 15.4. The molecule has 1 N–H and O–H groups in total. The minimum atomic E-state index is -0.440. The highest BCUT2D eigenvalue weighted by Gasteiger charge is 2.29. The Morgan fingerprint density at radius 2 is 2.04 bits per heavy atom. The van der Waals surface area contributed by atoms with E-state index in [0.29, 0.717) is 30.4 Å². The van der Waals surface area contributed by atoms with Crippen LogP contribution in [0.3, 0.4) is 0 Å². The number of carbonyl (C=O) groups is 2. The van der Waals surface area contributed by atoms with Gasteiger partial charge in [-0.2, -0.15) is 0 Å². The molecule has 0 saturated carbocycles. The molecule has 2 aromatic rings. The maximum absolute atomic E-state index is 12.5. The number of oxazole rings is 1. The number of aromatic nitrogens is 1. The SMILES string of the molecule is CC(C)(C)c1nc2c(o1)CCN(C(=O)CNC(=O)c1cc(Cl)ccc1Cl)C2. The first kappa shape index (κ1) is 19.7. The van der Waals surface area contributed by atoms with Gasteiger partial charge in [-0.05, 0) is 18.2 Å². The van der Waals surface area contributed by atoms with E-state index in [0.717, 1.165) is 11.5 Å². The van der Waals surface area contributed by atoms with Crippen LogP contribution in [0.1, 0.15) is 48.5 Å². The summed E-state index contributed by atoms with van der Waals surface area (Å²) >= 11 is 11.9. The number of amides is 2. The van der Waals surface area contributed by atoms with Gasteiger partial charge in [0.05, 0.1) is 23.7 Å². The molecule has 2 heterocycles. The van der Waals surface area contributed by atoms with Crippen LogP contribution >= 0.6 is 23.2 Å². The molecule has 0 bridgehead atoms. The number of carbonyl (C=O) groups excluding carboxylic acids is 2.